The van der Waals surface area contributed by atoms with Crippen LogP contribution in [0.25, 0.3) is 0 Å². The van der Waals surface area contributed by atoms with Gasteiger partial charge in [0.2, 0.25) is 0 Å². The first-order chi connectivity index (χ1) is 10.6. The maximum atomic E-state index is 12.1. The molecular formula is C17H24N4O. The van der Waals surface area contributed by atoms with Crippen LogP contribution in [0.5, 0.6) is 0 Å². The summed E-state index contributed by atoms with van der Waals surface area (Å²) < 4.78 is 0. The minimum Gasteiger partial charge on any atom is -0.355 e. The number of rotatable bonds is 6. The highest BCUT2D eigenvalue weighted by Crippen LogP contribution is 2.36. The molecular weight excluding hydrogens is 276 g/mol. The number of aromatic nitrogens is 1. The quantitative estimate of drug-likeness (QED) is 0.822. The second-order valence-electron chi connectivity index (χ2n) is 5.71. The van der Waals surface area contributed by atoms with Crippen molar-refractivity contribution in [3.05, 3.63) is 35.8 Å². The second kappa shape index (κ2) is 7.20. The molecule has 0 saturated heterocycles. The van der Waals surface area contributed by atoms with Crippen molar-refractivity contribution in [2.24, 2.45) is 10.9 Å². The number of anilines is 1. The molecule has 5 nitrogen and oxygen atoms in total. The van der Waals surface area contributed by atoms with Gasteiger partial charge in [-0.1, -0.05) is 13.8 Å². The van der Waals surface area contributed by atoms with Gasteiger partial charge in [0.25, 0.3) is 5.91 Å². The maximum absolute atomic E-state index is 12.1. The Kier molecular flexibility index (Phi) is 5.31. The number of allylic oxidation sites excluding steroid dienone is 1. The number of carbonyl (C=O) groups is 1. The van der Waals surface area contributed by atoms with Gasteiger partial charge < -0.3 is 10.2 Å². The molecule has 0 atom stereocenters. The first-order valence-electron chi connectivity index (χ1n) is 7.75. The van der Waals surface area contributed by atoms with Crippen molar-refractivity contribution in [1.29, 1.82) is 0 Å². The normalized spacial score (nSPS) is 15.4. The van der Waals surface area contributed by atoms with E-state index in [4.69, 9.17) is 0 Å². The standard InChI is InChI=1S/C17H24N4O/c1-5-19-15(11-12(2)3)21(13-8-9-13)16-14(17(22)18-4)7-6-10-20-16/h5-7,10-13H,8-9H2,1-4H3,(H,18,22)/b15-11+,19-5-. The van der Waals surface area contributed by atoms with Crippen molar-refractivity contribution >= 4 is 17.9 Å². The summed E-state index contributed by atoms with van der Waals surface area (Å²) in [4.78, 5) is 23.2. The van der Waals surface area contributed by atoms with E-state index in [0.29, 0.717) is 23.3 Å². The first kappa shape index (κ1) is 16.2. The van der Waals surface area contributed by atoms with Gasteiger partial charge in [-0.3, -0.25) is 4.79 Å². The average Bonchev–Trinajstić information content (AvgIpc) is 3.31. The predicted molar refractivity (Wildman–Crippen MR) is 90.2 cm³/mol. The van der Waals surface area contributed by atoms with E-state index < -0.39 is 0 Å². The summed E-state index contributed by atoms with van der Waals surface area (Å²) in [7, 11) is 1.63. The first-order valence-corrected chi connectivity index (χ1v) is 7.75. The highest BCUT2D eigenvalue weighted by atomic mass is 16.1. The summed E-state index contributed by atoms with van der Waals surface area (Å²) in [6.45, 7) is 6.14. The van der Waals surface area contributed by atoms with E-state index in [9.17, 15) is 4.79 Å². The van der Waals surface area contributed by atoms with Gasteiger partial charge in [-0.15, -0.1) is 0 Å². The van der Waals surface area contributed by atoms with E-state index in [-0.39, 0.29) is 5.91 Å². The van der Waals surface area contributed by atoms with E-state index >= 15 is 0 Å². The van der Waals surface area contributed by atoms with E-state index in [1.807, 2.05) is 6.92 Å². The van der Waals surface area contributed by atoms with Crippen LogP contribution in [0.1, 0.15) is 44.0 Å². The molecule has 0 aromatic carbocycles. The molecule has 1 N–H and O–H groups in total. The highest BCUT2D eigenvalue weighted by Gasteiger charge is 2.34. The van der Waals surface area contributed by atoms with Gasteiger partial charge in [-0.2, -0.15) is 0 Å². The molecule has 2 rings (SSSR count). The number of aliphatic imine (C=N–C) groups is 1. The zero-order valence-electron chi connectivity index (χ0n) is 13.7. The molecule has 0 spiro atoms. The van der Waals surface area contributed by atoms with E-state index in [2.05, 4.69) is 40.1 Å². The zero-order valence-corrected chi connectivity index (χ0v) is 13.7. The Bertz CT molecular complexity index is 588. The Morgan fingerprint density at radius 3 is 2.77 bits per heavy atom. The zero-order chi connectivity index (χ0) is 16.1. The van der Waals surface area contributed by atoms with Crippen LogP contribution in [-0.4, -0.2) is 30.2 Å². The number of carbonyl (C=O) groups excluding carboxylic acids is 1. The topological polar surface area (TPSA) is 57.6 Å². The van der Waals surface area contributed by atoms with Crippen molar-refractivity contribution in [1.82, 2.24) is 10.3 Å². The molecule has 0 aliphatic heterocycles. The smallest absolute Gasteiger partial charge is 0.254 e. The second-order valence-corrected chi connectivity index (χ2v) is 5.71. The van der Waals surface area contributed by atoms with Crippen molar-refractivity contribution in [3.8, 4) is 0 Å². The molecule has 118 valence electrons. The molecule has 0 unspecified atom stereocenters. The average molecular weight is 300 g/mol. The lowest BCUT2D eigenvalue weighted by Crippen LogP contribution is -2.29. The number of nitrogens with zero attached hydrogens (tertiary/aromatic N) is 3. The number of pyridine rings is 1. The van der Waals surface area contributed by atoms with Crippen LogP contribution in [0.3, 0.4) is 0 Å². The van der Waals surface area contributed by atoms with Crippen LogP contribution in [0.4, 0.5) is 5.82 Å². The third-order valence-corrected chi connectivity index (χ3v) is 3.39. The molecule has 1 aliphatic carbocycles. The van der Waals surface area contributed by atoms with Gasteiger partial charge in [-0.25, -0.2) is 9.98 Å². The van der Waals surface area contributed by atoms with Crippen molar-refractivity contribution < 1.29 is 4.79 Å². The largest absolute Gasteiger partial charge is 0.355 e. The minimum absolute atomic E-state index is 0.127. The predicted octanol–water partition coefficient (Wildman–Crippen LogP) is 3.00. The number of hydrogen-bond donors (Lipinski definition) is 1. The molecule has 0 radical (unpaired) electrons. The summed E-state index contributed by atoms with van der Waals surface area (Å²) >= 11 is 0. The van der Waals surface area contributed by atoms with Gasteiger partial charge in [-0.05, 0) is 43.9 Å². The fourth-order valence-corrected chi connectivity index (χ4v) is 2.32. The van der Waals surface area contributed by atoms with Gasteiger partial charge >= 0.3 is 0 Å². The van der Waals surface area contributed by atoms with Crippen LogP contribution < -0.4 is 10.2 Å². The maximum Gasteiger partial charge on any atom is 0.254 e. The monoisotopic (exact) mass is 300 g/mol. The Balaban J connectivity index is 2.51. The van der Waals surface area contributed by atoms with Crippen LogP contribution in [-0.2, 0) is 0 Å². The number of amides is 1. The molecule has 1 aromatic rings. The van der Waals surface area contributed by atoms with Gasteiger partial charge in [0.15, 0.2) is 0 Å². The van der Waals surface area contributed by atoms with Crippen LogP contribution in [0, 0.1) is 5.92 Å². The Morgan fingerprint density at radius 2 is 2.23 bits per heavy atom. The molecule has 1 heterocycles. The lowest BCUT2D eigenvalue weighted by Gasteiger charge is -2.26. The fraction of sp³-hybridized carbons (Fsp3) is 0.471. The van der Waals surface area contributed by atoms with Crippen LogP contribution >= 0.6 is 0 Å². The molecule has 1 amide bonds. The minimum atomic E-state index is -0.127. The van der Waals surface area contributed by atoms with Gasteiger partial charge in [0, 0.05) is 25.5 Å². The lowest BCUT2D eigenvalue weighted by molar-refractivity contribution is 0.0963. The summed E-state index contributed by atoms with van der Waals surface area (Å²) in [6, 6.07) is 3.96. The molecule has 1 aliphatic rings. The van der Waals surface area contributed by atoms with E-state index in [1.54, 1.807) is 31.6 Å². The van der Waals surface area contributed by atoms with E-state index in [0.717, 1.165) is 18.7 Å². The SMILES string of the molecule is C/C=N\C(=C/C(C)C)N(c1ncccc1C(=O)NC)C1CC1. The summed E-state index contributed by atoms with van der Waals surface area (Å²) in [5.74, 6) is 1.79. The molecule has 22 heavy (non-hydrogen) atoms. The number of hydrogen-bond acceptors (Lipinski definition) is 4. The molecule has 5 heteroatoms. The fourth-order valence-electron chi connectivity index (χ4n) is 2.32. The third-order valence-electron chi connectivity index (χ3n) is 3.39. The van der Waals surface area contributed by atoms with Crippen LogP contribution in [0.15, 0.2) is 35.2 Å². The van der Waals surface area contributed by atoms with Crippen LogP contribution in [0.2, 0.25) is 0 Å². The Morgan fingerprint density at radius 1 is 1.50 bits per heavy atom. The van der Waals surface area contributed by atoms with Gasteiger partial charge in [0.05, 0.1) is 5.56 Å². The molecule has 1 fully saturated rings. The highest BCUT2D eigenvalue weighted by molar-refractivity contribution is 5.99. The summed E-state index contributed by atoms with van der Waals surface area (Å²) in [6.07, 6.45) is 7.81. The molecule has 0 bridgehead atoms. The Hall–Kier alpha value is -2.17. The van der Waals surface area contributed by atoms with Crippen molar-refractivity contribution in [2.45, 2.75) is 39.7 Å². The van der Waals surface area contributed by atoms with Crippen molar-refractivity contribution in [3.63, 3.8) is 0 Å². The summed E-state index contributed by atoms with van der Waals surface area (Å²) in [5.41, 5.74) is 0.581. The van der Waals surface area contributed by atoms with E-state index in [1.165, 1.54) is 0 Å². The van der Waals surface area contributed by atoms with Gasteiger partial charge in [0.1, 0.15) is 11.6 Å². The molecule has 1 aromatic heterocycles. The number of nitrogens with one attached hydrogen (secondary N) is 1. The van der Waals surface area contributed by atoms with Crippen molar-refractivity contribution in [2.75, 3.05) is 11.9 Å². The lowest BCUT2D eigenvalue weighted by atomic mass is 10.2. The summed E-state index contributed by atoms with van der Waals surface area (Å²) in [5, 5.41) is 2.68. The Labute approximate surface area is 132 Å². The molecule has 1 saturated carbocycles. The third kappa shape index (κ3) is 3.72.